The van der Waals surface area contributed by atoms with E-state index in [1.807, 2.05) is 56.7 Å². The van der Waals surface area contributed by atoms with Gasteiger partial charge in [0.1, 0.15) is 21.9 Å². The molecule has 0 spiro atoms. The quantitative estimate of drug-likeness (QED) is 0.125. The van der Waals surface area contributed by atoms with Crippen LogP contribution >= 0.6 is 23.4 Å². The van der Waals surface area contributed by atoms with Crippen LogP contribution < -0.4 is 10.1 Å². The molecule has 3 amide bonds. The normalized spacial score (nSPS) is 20.2. The molecule has 0 radical (unpaired) electrons. The first-order chi connectivity index (χ1) is 25.8. The zero-order valence-corrected chi connectivity index (χ0v) is 33.3. The lowest BCUT2D eigenvalue weighted by Crippen LogP contribution is -2.48. The minimum Gasteiger partial charge on any atom is -0.467 e. The fraction of sp³-hybridized carbons (Fsp3) is 0.500. The molecule has 4 fully saturated rings. The number of amides is 3. The van der Waals surface area contributed by atoms with E-state index in [0.717, 1.165) is 29.4 Å². The largest absolute Gasteiger partial charge is 0.467 e. The Morgan fingerprint density at radius 3 is 2.70 bits per heavy atom. The van der Waals surface area contributed by atoms with E-state index in [0.29, 0.717) is 63.1 Å². The van der Waals surface area contributed by atoms with Crippen molar-refractivity contribution in [2.75, 3.05) is 39.8 Å². The number of nitriles is 1. The van der Waals surface area contributed by atoms with Crippen molar-refractivity contribution in [3.8, 4) is 22.9 Å². The number of carbonyl (C=O) groups is 2. The predicted molar refractivity (Wildman–Crippen MR) is 208 cm³/mol. The zero-order valence-electron chi connectivity index (χ0n) is 31.7. The van der Waals surface area contributed by atoms with E-state index in [4.69, 9.17) is 30.8 Å². The minimum absolute atomic E-state index is 0.0116. The van der Waals surface area contributed by atoms with Gasteiger partial charge in [0.05, 0.1) is 29.7 Å². The Morgan fingerprint density at radius 1 is 1.24 bits per heavy atom. The van der Waals surface area contributed by atoms with E-state index in [9.17, 15) is 14.9 Å². The SMILES string of the molecule is COCOc1cc(Cl)c(C)c(-c2c(CCC#N)cc3c(nc(SC)c4cc([C@@H](C)N5CCCNC5=O)n([C@H]5[C@@H]6C[C@H]5N(C(=O)OC(C)(C)C)C6)c43)c2F)c1. The lowest BCUT2D eigenvalue weighted by molar-refractivity contribution is 0.0208. The second kappa shape index (κ2) is 14.8. The molecule has 2 bridgehead atoms. The standard InChI is InChI=1S/C40H46ClFN6O5S/c1-21-26(16-25(17-29(21)41)52-20-51-6)32-23(10-8-11-43)14-27-34(33(32)42)45-37(54-7)28-18-30(22(2)46-13-9-12-44-38(46)49)48(36(27)28)35-24-15-31(35)47(19-24)39(50)53-40(3,4)5/h14,16-18,22,24,31,35H,8-10,12-13,15,19-20H2,1-7H3,(H,44,49)/t22-,24-,31-,35+/m1/s1. The van der Waals surface area contributed by atoms with Gasteiger partial charge in [-0.25, -0.2) is 19.0 Å². The van der Waals surface area contributed by atoms with Crippen molar-refractivity contribution < 1.29 is 28.2 Å². The number of methoxy groups -OCH3 is 1. The third-order valence-electron chi connectivity index (χ3n) is 10.9. The Balaban J connectivity index is 1.50. The average Bonchev–Trinajstić information content (AvgIpc) is 3.84. The fourth-order valence-corrected chi connectivity index (χ4v) is 9.18. The van der Waals surface area contributed by atoms with Crippen molar-refractivity contribution in [3.05, 3.63) is 51.9 Å². The molecule has 1 saturated carbocycles. The highest BCUT2D eigenvalue weighted by Crippen LogP contribution is 2.54. The van der Waals surface area contributed by atoms with Crippen LogP contribution in [0.2, 0.25) is 5.02 Å². The van der Waals surface area contributed by atoms with Gasteiger partial charge in [0.2, 0.25) is 0 Å². The van der Waals surface area contributed by atoms with E-state index in [1.165, 1.54) is 18.9 Å². The average molecular weight is 777 g/mol. The number of aryl methyl sites for hydroxylation is 1. The first kappa shape index (κ1) is 38.0. The van der Waals surface area contributed by atoms with Crippen molar-refractivity contribution in [2.24, 2.45) is 5.92 Å². The van der Waals surface area contributed by atoms with Crippen molar-refractivity contribution >= 4 is 57.3 Å². The molecule has 8 rings (SSSR count). The molecular formula is C40H46ClFN6O5S. The zero-order chi connectivity index (χ0) is 38.6. The Bertz CT molecular complexity index is 2200. The predicted octanol–water partition coefficient (Wildman–Crippen LogP) is 8.77. The monoisotopic (exact) mass is 776 g/mol. The Morgan fingerprint density at radius 2 is 2.02 bits per heavy atom. The van der Waals surface area contributed by atoms with Gasteiger partial charge in [-0.2, -0.15) is 5.26 Å². The number of carbonyl (C=O) groups excluding carboxylic acids is 2. The molecule has 5 heterocycles. The summed E-state index contributed by atoms with van der Waals surface area (Å²) in [5, 5.41) is 15.2. The first-order valence-corrected chi connectivity index (χ1v) is 19.9. The maximum Gasteiger partial charge on any atom is 0.410 e. The minimum atomic E-state index is -0.650. The number of halogens is 2. The molecule has 4 aliphatic rings. The molecule has 3 saturated heterocycles. The van der Waals surface area contributed by atoms with Gasteiger partial charge in [0.25, 0.3) is 0 Å². The van der Waals surface area contributed by atoms with Crippen LogP contribution in [0.5, 0.6) is 5.75 Å². The van der Waals surface area contributed by atoms with E-state index in [-0.39, 0.29) is 61.3 Å². The summed E-state index contributed by atoms with van der Waals surface area (Å²) in [7, 11) is 1.52. The number of hydrogen-bond donors (Lipinski definition) is 1. The van der Waals surface area contributed by atoms with E-state index in [2.05, 4.69) is 22.0 Å². The number of thioether (sulfide) groups is 1. The molecule has 14 heteroatoms. The van der Waals surface area contributed by atoms with Gasteiger partial charge >= 0.3 is 12.1 Å². The molecule has 4 atom stereocenters. The molecule has 11 nitrogen and oxygen atoms in total. The molecule has 2 aromatic carbocycles. The number of benzene rings is 2. The highest BCUT2D eigenvalue weighted by molar-refractivity contribution is 7.98. The van der Waals surface area contributed by atoms with E-state index < -0.39 is 11.4 Å². The molecule has 3 aliphatic heterocycles. The topological polar surface area (TPSA) is 122 Å². The van der Waals surface area contributed by atoms with Crippen LogP contribution in [0.4, 0.5) is 14.0 Å². The Hall–Kier alpha value is -4.25. The highest BCUT2D eigenvalue weighted by Gasteiger charge is 2.56. The van der Waals surface area contributed by atoms with Crippen molar-refractivity contribution in [2.45, 2.75) is 89.1 Å². The molecule has 286 valence electrons. The van der Waals surface area contributed by atoms with Gasteiger partial charge in [-0.05, 0) is 101 Å². The van der Waals surface area contributed by atoms with E-state index >= 15 is 4.39 Å². The molecular weight excluding hydrogens is 731 g/mol. The first-order valence-electron chi connectivity index (χ1n) is 18.3. The number of hydrogen-bond acceptors (Lipinski definition) is 8. The second-order valence-corrected chi connectivity index (χ2v) is 16.6. The number of nitrogens with zero attached hydrogens (tertiary/aromatic N) is 5. The van der Waals surface area contributed by atoms with Gasteiger partial charge in [-0.15, -0.1) is 11.8 Å². The number of aromatic nitrogens is 2. The van der Waals surface area contributed by atoms with Crippen LogP contribution in [-0.4, -0.2) is 82.9 Å². The maximum atomic E-state index is 17.6. The molecule has 2 aromatic heterocycles. The van der Waals surface area contributed by atoms with Gasteiger partial charge < -0.3 is 33.9 Å². The number of urea groups is 1. The van der Waals surface area contributed by atoms with Crippen LogP contribution in [0, 0.1) is 30.0 Å². The number of ether oxygens (including phenoxy) is 3. The van der Waals surface area contributed by atoms with Crippen LogP contribution in [0.25, 0.3) is 32.9 Å². The summed E-state index contributed by atoms with van der Waals surface area (Å²) < 4.78 is 36.6. The molecule has 54 heavy (non-hydrogen) atoms. The summed E-state index contributed by atoms with van der Waals surface area (Å²) in [5.41, 5.74) is 3.38. The number of fused-ring (bicyclic) bond motifs is 4. The smallest absolute Gasteiger partial charge is 0.410 e. The summed E-state index contributed by atoms with van der Waals surface area (Å²) in [6.45, 7) is 11.2. The number of rotatable bonds is 10. The summed E-state index contributed by atoms with van der Waals surface area (Å²) in [6, 6.07) is 8.96. The summed E-state index contributed by atoms with van der Waals surface area (Å²) >= 11 is 8.13. The van der Waals surface area contributed by atoms with Crippen molar-refractivity contribution in [3.63, 3.8) is 0 Å². The third kappa shape index (κ3) is 6.60. The summed E-state index contributed by atoms with van der Waals surface area (Å²) in [4.78, 5) is 35.4. The van der Waals surface area contributed by atoms with Crippen molar-refractivity contribution in [1.82, 2.24) is 24.7 Å². The number of pyridine rings is 1. The third-order valence-corrected chi connectivity index (χ3v) is 12.0. The fourth-order valence-electron chi connectivity index (χ4n) is 8.41. The van der Waals surface area contributed by atoms with E-state index in [1.54, 1.807) is 12.1 Å². The molecule has 0 unspecified atom stereocenters. The highest BCUT2D eigenvalue weighted by atomic mass is 35.5. The van der Waals surface area contributed by atoms with Crippen molar-refractivity contribution in [1.29, 1.82) is 5.26 Å². The van der Waals surface area contributed by atoms with Gasteiger partial charge in [-0.1, -0.05) is 11.6 Å². The molecule has 1 N–H and O–H groups in total. The maximum absolute atomic E-state index is 17.6. The summed E-state index contributed by atoms with van der Waals surface area (Å²) in [5.74, 6) is 0.0260. The van der Waals surface area contributed by atoms with Crippen LogP contribution in [0.3, 0.4) is 0 Å². The van der Waals surface area contributed by atoms with Gasteiger partial charge in [-0.3, -0.25) is 0 Å². The Kier molecular flexibility index (Phi) is 10.4. The van der Waals surface area contributed by atoms with Crippen LogP contribution in [-0.2, 0) is 15.9 Å². The summed E-state index contributed by atoms with van der Waals surface area (Å²) in [6.07, 6.45) is 3.64. The van der Waals surface area contributed by atoms with Gasteiger partial charge in [0.15, 0.2) is 12.6 Å². The lowest BCUT2D eigenvalue weighted by Gasteiger charge is -2.41. The molecule has 1 aliphatic carbocycles. The lowest BCUT2D eigenvalue weighted by atomic mass is 9.79. The van der Waals surface area contributed by atoms with Gasteiger partial charge in [0, 0.05) is 66.1 Å². The second-order valence-electron chi connectivity index (χ2n) is 15.4. The van der Waals surface area contributed by atoms with Crippen LogP contribution in [0.1, 0.15) is 75.9 Å². The number of nitrogens with one attached hydrogen (secondary N) is 1. The van der Waals surface area contributed by atoms with Crippen LogP contribution in [0.15, 0.2) is 29.3 Å². The Labute approximate surface area is 324 Å². The molecule has 4 aromatic rings.